The molecule has 0 aliphatic heterocycles. The van der Waals surface area contributed by atoms with Gasteiger partial charge in [0, 0.05) is 9.86 Å². The zero-order valence-electron chi connectivity index (χ0n) is 14.7. The van der Waals surface area contributed by atoms with Crippen molar-refractivity contribution >= 4 is 32.7 Å². The number of fused-ring (bicyclic) bond motifs is 1. The third kappa shape index (κ3) is 3.73. The molecule has 0 aliphatic rings. The number of hydrogen-bond acceptors (Lipinski definition) is 4. The Morgan fingerprint density at radius 3 is 2.25 bits per heavy atom. The third-order valence-electron chi connectivity index (χ3n) is 4.26. The van der Waals surface area contributed by atoms with Gasteiger partial charge in [0.25, 0.3) is 5.56 Å². The fourth-order valence-corrected chi connectivity index (χ4v) is 3.17. The molecule has 5 nitrogen and oxygen atoms in total. The van der Waals surface area contributed by atoms with Gasteiger partial charge in [0.1, 0.15) is 5.75 Å². The smallest absolute Gasteiger partial charge is 0.364 e. The van der Waals surface area contributed by atoms with E-state index in [0.29, 0.717) is 16.5 Å². The molecule has 0 atom stereocenters. The first-order valence-corrected chi connectivity index (χ1v) is 9.42. The maximum Gasteiger partial charge on any atom is 0.364 e. The van der Waals surface area contributed by atoms with Gasteiger partial charge in [-0.05, 0) is 35.9 Å². The average Bonchev–Trinajstić information content (AvgIpc) is 2.72. The van der Waals surface area contributed by atoms with Crippen molar-refractivity contribution in [3.05, 3.63) is 105 Å². The molecule has 0 spiro atoms. The summed E-state index contributed by atoms with van der Waals surface area (Å²) in [5.74, 6) is -0.208. The monoisotopic (exact) mass is 434 g/mol. The molecule has 0 amide bonds. The molecule has 0 fully saturated rings. The summed E-state index contributed by atoms with van der Waals surface area (Å²) in [4.78, 5) is 25.7. The zero-order chi connectivity index (χ0) is 19.5. The molecule has 0 saturated carbocycles. The minimum Gasteiger partial charge on any atom is -0.422 e. The standard InChI is InChI=1S/C22H15BrN2O3/c23-16-10-12-17(13-11-16)28-22(27)20-18-8-4-5-9-19(18)21(26)25(24-20)14-15-6-2-1-3-7-15/h1-13H,14H2. The molecular weight excluding hydrogens is 420 g/mol. The third-order valence-corrected chi connectivity index (χ3v) is 4.79. The van der Waals surface area contributed by atoms with Crippen LogP contribution in [0.3, 0.4) is 0 Å². The van der Waals surface area contributed by atoms with E-state index < -0.39 is 5.97 Å². The van der Waals surface area contributed by atoms with Crippen molar-refractivity contribution in [2.75, 3.05) is 0 Å². The molecule has 3 aromatic carbocycles. The van der Waals surface area contributed by atoms with Crippen molar-refractivity contribution in [1.29, 1.82) is 0 Å². The van der Waals surface area contributed by atoms with Gasteiger partial charge in [-0.3, -0.25) is 4.79 Å². The normalized spacial score (nSPS) is 10.8. The van der Waals surface area contributed by atoms with Crippen LogP contribution in [0.5, 0.6) is 5.75 Å². The molecule has 0 bridgehead atoms. The van der Waals surface area contributed by atoms with Gasteiger partial charge in [-0.25, -0.2) is 9.48 Å². The second kappa shape index (κ2) is 7.78. The van der Waals surface area contributed by atoms with E-state index in [2.05, 4.69) is 21.0 Å². The number of esters is 1. The predicted molar refractivity (Wildman–Crippen MR) is 111 cm³/mol. The van der Waals surface area contributed by atoms with Gasteiger partial charge in [0.15, 0.2) is 5.69 Å². The first-order chi connectivity index (χ1) is 13.6. The number of benzene rings is 3. The molecule has 0 N–H and O–H groups in total. The molecule has 1 aromatic heterocycles. The fraction of sp³-hybridized carbons (Fsp3) is 0.0455. The molecule has 28 heavy (non-hydrogen) atoms. The van der Waals surface area contributed by atoms with Crippen LogP contribution in [-0.4, -0.2) is 15.7 Å². The summed E-state index contributed by atoms with van der Waals surface area (Å²) < 4.78 is 7.65. The molecular formula is C22H15BrN2O3. The van der Waals surface area contributed by atoms with E-state index in [1.165, 1.54) is 4.68 Å². The highest BCUT2D eigenvalue weighted by atomic mass is 79.9. The number of carbonyl (C=O) groups is 1. The first-order valence-electron chi connectivity index (χ1n) is 8.63. The van der Waals surface area contributed by atoms with E-state index in [-0.39, 0.29) is 17.8 Å². The fourth-order valence-electron chi connectivity index (χ4n) is 2.91. The van der Waals surface area contributed by atoms with Crippen LogP contribution in [0, 0.1) is 0 Å². The van der Waals surface area contributed by atoms with Crippen LogP contribution >= 0.6 is 15.9 Å². The van der Waals surface area contributed by atoms with E-state index >= 15 is 0 Å². The van der Waals surface area contributed by atoms with E-state index in [0.717, 1.165) is 10.0 Å². The summed E-state index contributed by atoms with van der Waals surface area (Å²) in [6.45, 7) is 0.267. The van der Waals surface area contributed by atoms with E-state index in [9.17, 15) is 9.59 Å². The molecule has 0 unspecified atom stereocenters. The maximum absolute atomic E-state index is 12.8. The molecule has 138 valence electrons. The second-order valence-corrected chi connectivity index (χ2v) is 7.10. The summed E-state index contributed by atoms with van der Waals surface area (Å²) in [7, 11) is 0. The van der Waals surface area contributed by atoms with Crippen LogP contribution in [0.15, 0.2) is 88.1 Å². The van der Waals surface area contributed by atoms with E-state index in [4.69, 9.17) is 4.74 Å². The summed E-state index contributed by atoms with van der Waals surface area (Å²) in [6, 6.07) is 23.4. The second-order valence-electron chi connectivity index (χ2n) is 6.19. The van der Waals surface area contributed by atoms with Crippen molar-refractivity contribution < 1.29 is 9.53 Å². The van der Waals surface area contributed by atoms with Gasteiger partial charge in [0.2, 0.25) is 0 Å². The van der Waals surface area contributed by atoms with E-state index in [1.807, 2.05) is 30.3 Å². The van der Waals surface area contributed by atoms with Gasteiger partial charge >= 0.3 is 5.97 Å². The van der Waals surface area contributed by atoms with Gasteiger partial charge < -0.3 is 4.74 Å². The summed E-state index contributed by atoms with van der Waals surface area (Å²) in [6.07, 6.45) is 0. The Hall–Kier alpha value is -3.25. The van der Waals surface area contributed by atoms with Crippen molar-refractivity contribution in [2.45, 2.75) is 6.54 Å². The topological polar surface area (TPSA) is 61.2 Å². The van der Waals surface area contributed by atoms with Crippen LogP contribution in [0.4, 0.5) is 0 Å². The van der Waals surface area contributed by atoms with Crippen molar-refractivity contribution in [1.82, 2.24) is 9.78 Å². The molecule has 6 heteroatoms. The van der Waals surface area contributed by atoms with Crippen LogP contribution in [0.1, 0.15) is 16.1 Å². The van der Waals surface area contributed by atoms with E-state index in [1.54, 1.807) is 48.5 Å². The average molecular weight is 435 g/mol. The molecule has 0 aliphatic carbocycles. The van der Waals surface area contributed by atoms with Crippen molar-refractivity contribution in [2.24, 2.45) is 0 Å². The lowest BCUT2D eigenvalue weighted by Gasteiger charge is -2.11. The number of nitrogens with zero attached hydrogens (tertiary/aromatic N) is 2. The number of carbonyl (C=O) groups excluding carboxylic acids is 1. The lowest BCUT2D eigenvalue weighted by atomic mass is 10.1. The van der Waals surface area contributed by atoms with Crippen LogP contribution in [0.2, 0.25) is 0 Å². The van der Waals surface area contributed by atoms with Crippen LogP contribution in [-0.2, 0) is 6.54 Å². The lowest BCUT2D eigenvalue weighted by Crippen LogP contribution is -2.27. The Morgan fingerprint density at radius 1 is 0.893 bits per heavy atom. The highest BCUT2D eigenvalue weighted by Gasteiger charge is 2.18. The highest BCUT2D eigenvalue weighted by molar-refractivity contribution is 9.10. The molecule has 4 rings (SSSR count). The number of halogens is 1. The van der Waals surface area contributed by atoms with Gasteiger partial charge in [-0.2, -0.15) is 5.10 Å². The molecule has 0 saturated heterocycles. The number of rotatable bonds is 4. The minimum absolute atomic E-state index is 0.106. The first kappa shape index (κ1) is 18.1. The minimum atomic E-state index is -0.611. The Morgan fingerprint density at radius 2 is 1.54 bits per heavy atom. The van der Waals surface area contributed by atoms with Crippen molar-refractivity contribution in [3.8, 4) is 5.75 Å². The van der Waals surface area contributed by atoms with Gasteiger partial charge in [-0.15, -0.1) is 0 Å². The van der Waals surface area contributed by atoms with Gasteiger partial charge in [-0.1, -0.05) is 64.5 Å². The summed E-state index contributed by atoms with van der Waals surface area (Å²) >= 11 is 3.35. The Bertz CT molecular complexity index is 1200. The van der Waals surface area contributed by atoms with Crippen molar-refractivity contribution in [3.63, 3.8) is 0 Å². The highest BCUT2D eigenvalue weighted by Crippen LogP contribution is 2.19. The summed E-state index contributed by atoms with van der Waals surface area (Å²) in [5, 5.41) is 5.23. The largest absolute Gasteiger partial charge is 0.422 e. The molecule has 4 aromatic rings. The number of aromatic nitrogens is 2. The Labute approximate surface area is 169 Å². The SMILES string of the molecule is O=C(Oc1ccc(Br)cc1)c1nn(Cc2ccccc2)c(=O)c2ccccc12. The Kier molecular flexibility index (Phi) is 5.04. The zero-order valence-corrected chi connectivity index (χ0v) is 16.3. The number of ether oxygens (including phenoxy) is 1. The number of hydrogen-bond donors (Lipinski definition) is 0. The molecule has 1 heterocycles. The summed E-state index contributed by atoms with van der Waals surface area (Å²) in [5.41, 5.74) is 0.772. The van der Waals surface area contributed by atoms with Gasteiger partial charge in [0.05, 0.1) is 11.9 Å². The maximum atomic E-state index is 12.8. The Balaban J connectivity index is 1.78. The predicted octanol–water partition coefficient (Wildman–Crippen LogP) is 4.43. The quantitative estimate of drug-likeness (QED) is 0.352. The lowest BCUT2D eigenvalue weighted by molar-refractivity contribution is 0.0728. The van der Waals surface area contributed by atoms with Crippen LogP contribution < -0.4 is 10.3 Å². The van der Waals surface area contributed by atoms with Crippen LogP contribution in [0.25, 0.3) is 10.8 Å². The molecule has 0 radical (unpaired) electrons.